The van der Waals surface area contributed by atoms with E-state index >= 15 is 0 Å². The molecule has 5 heteroatoms. The van der Waals surface area contributed by atoms with Crippen LogP contribution in [0.4, 0.5) is 0 Å². The minimum absolute atomic E-state index is 0.903. The van der Waals surface area contributed by atoms with Gasteiger partial charge in [0.2, 0.25) is 0 Å². The zero-order chi connectivity index (χ0) is 41.3. The molecule has 0 atom stereocenters. The number of hydrogen-bond donors (Lipinski definition) is 1. The van der Waals surface area contributed by atoms with E-state index in [1.807, 2.05) is 38.1 Å². The Kier molecular flexibility index (Phi) is 10.4. The van der Waals surface area contributed by atoms with E-state index < -0.39 is 0 Å². The normalized spacial score (nSPS) is 11.1. The van der Waals surface area contributed by atoms with Gasteiger partial charge in [0, 0.05) is 54.5 Å². The second-order valence-electron chi connectivity index (χ2n) is 14.5. The van der Waals surface area contributed by atoms with Gasteiger partial charge in [-0.2, -0.15) is 12.6 Å². The average Bonchev–Trinajstić information content (AvgIpc) is 4.04. The third-order valence-electron chi connectivity index (χ3n) is 10.9. The zero-order valence-electron chi connectivity index (χ0n) is 33.9. The van der Waals surface area contributed by atoms with Crippen molar-refractivity contribution in [3.05, 3.63) is 195 Å². The molecule has 0 bridgehead atoms. The molecule has 4 aromatic heterocycles. The predicted molar refractivity (Wildman–Crippen MR) is 262 cm³/mol. The second-order valence-corrected chi connectivity index (χ2v) is 14.5. The lowest BCUT2D eigenvalue weighted by Crippen LogP contribution is -1.93. The molecule has 0 unspecified atom stereocenters. The summed E-state index contributed by atoms with van der Waals surface area (Å²) in [5.41, 5.74) is 13.0. The number of furan rings is 2. The van der Waals surface area contributed by atoms with Crippen LogP contribution in [0.3, 0.4) is 0 Å². The lowest BCUT2D eigenvalue weighted by molar-refractivity contribution is 0.668. The molecule has 0 saturated heterocycles. The van der Waals surface area contributed by atoms with Crippen molar-refractivity contribution in [2.24, 2.45) is 0 Å². The lowest BCUT2D eigenvalue weighted by Gasteiger charge is -2.10. The van der Waals surface area contributed by atoms with Crippen molar-refractivity contribution in [1.29, 1.82) is 0 Å². The third-order valence-corrected chi connectivity index (χ3v) is 10.9. The van der Waals surface area contributed by atoms with Gasteiger partial charge in [0.05, 0.1) is 22.1 Å². The summed E-state index contributed by atoms with van der Waals surface area (Å²) in [5, 5.41) is 9.45. The van der Waals surface area contributed by atoms with Gasteiger partial charge < -0.3 is 18.0 Å². The topological polar surface area (TPSA) is 36.1 Å². The van der Waals surface area contributed by atoms with Crippen LogP contribution in [-0.2, 0) is 0 Å². The summed E-state index contributed by atoms with van der Waals surface area (Å²) < 4.78 is 17.1. The second kappa shape index (κ2) is 16.2. The highest BCUT2D eigenvalue weighted by molar-refractivity contribution is 7.79. The molecule has 0 saturated carbocycles. The van der Waals surface area contributed by atoms with Crippen molar-refractivity contribution in [2.75, 3.05) is 6.26 Å². The van der Waals surface area contributed by atoms with Gasteiger partial charge in [-0.25, -0.2) is 0 Å². The summed E-state index contributed by atoms with van der Waals surface area (Å²) in [6.07, 6.45) is 5.19. The maximum Gasteiger partial charge on any atom is 0.135 e. The van der Waals surface area contributed by atoms with Gasteiger partial charge in [-0.3, -0.25) is 0 Å². The van der Waals surface area contributed by atoms with E-state index in [9.17, 15) is 0 Å². The highest BCUT2D eigenvalue weighted by Crippen LogP contribution is 2.40. The Morgan fingerprint density at radius 1 is 0.367 bits per heavy atom. The highest BCUT2D eigenvalue weighted by atomic mass is 32.1. The Balaban J connectivity index is 0.000000541. The van der Waals surface area contributed by atoms with E-state index in [1.54, 1.807) is 18.4 Å². The predicted octanol–water partition coefficient (Wildman–Crippen LogP) is 16.3. The number of allylic oxidation sites excluding steroid dienone is 2. The van der Waals surface area contributed by atoms with Crippen molar-refractivity contribution >= 4 is 100 Å². The molecule has 0 spiro atoms. The first-order valence-electron chi connectivity index (χ1n) is 20.1. The molecular weight excluding hydrogens is 753 g/mol. The average molecular weight is 797 g/mol. The fourth-order valence-corrected chi connectivity index (χ4v) is 8.57. The first kappa shape index (κ1) is 38.3. The molecule has 0 fully saturated rings. The minimum Gasteiger partial charge on any atom is -0.456 e. The molecule has 292 valence electrons. The summed E-state index contributed by atoms with van der Waals surface area (Å²) in [7, 11) is 0. The molecule has 12 rings (SSSR count). The summed E-state index contributed by atoms with van der Waals surface area (Å²) in [5.74, 6) is 0. The van der Waals surface area contributed by atoms with Crippen LogP contribution in [0.5, 0.6) is 0 Å². The molecule has 0 radical (unpaired) electrons. The Morgan fingerprint density at radius 2 is 0.700 bits per heavy atom. The number of para-hydroxylation sites is 4. The molecule has 0 aliphatic heterocycles. The summed E-state index contributed by atoms with van der Waals surface area (Å²) in [4.78, 5) is 0. The van der Waals surface area contributed by atoms with Crippen molar-refractivity contribution in [3.63, 3.8) is 0 Å². The maximum atomic E-state index is 6.16. The first-order valence-corrected chi connectivity index (χ1v) is 21.0. The van der Waals surface area contributed by atoms with Crippen LogP contribution >= 0.6 is 12.6 Å². The number of rotatable bonds is 3. The summed E-state index contributed by atoms with van der Waals surface area (Å²) in [6.45, 7) is 10.5. The van der Waals surface area contributed by atoms with E-state index in [2.05, 4.69) is 181 Å². The van der Waals surface area contributed by atoms with Gasteiger partial charge >= 0.3 is 0 Å². The lowest BCUT2D eigenvalue weighted by atomic mass is 10.0. The van der Waals surface area contributed by atoms with Crippen LogP contribution in [0.15, 0.2) is 204 Å². The van der Waals surface area contributed by atoms with Crippen LogP contribution in [0.25, 0.3) is 110 Å². The first-order chi connectivity index (χ1) is 29.6. The molecule has 0 N–H and O–H groups in total. The molecule has 0 amide bonds. The van der Waals surface area contributed by atoms with Crippen LogP contribution in [0.1, 0.15) is 13.8 Å². The number of fused-ring (bicyclic) bond motifs is 12. The van der Waals surface area contributed by atoms with Crippen LogP contribution in [-0.4, -0.2) is 15.4 Å². The standard InChI is InChI=1S/C48H28N2O2.2C3H6.CH4S/c1-5-13-41-33(9-1)37-25-29(17-21-43(37)49(41)31-19-23-47-39(27-31)35-11-3-7-15-45(35)51-47)30-18-22-44-38(26-30)34-10-2-6-14-42(34)50(44)32-20-24-48-40(28-32)36-12-4-8-16-46(36)52-48;2*1-3-2;1-2/h1-28H;2*3H,1H2,2H3;2H,1H3. The molecule has 60 heavy (non-hydrogen) atoms. The van der Waals surface area contributed by atoms with Gasteiger partial charge in [0.25, 0.3) is 0 Å². The van der Waals surface area contributed by atoms with Crippen molar-refractivity contribution in [3.8, 4) is 22.5 Å². The Bertz CT molecular complexity index is 3300. The minimum atomic E-state index is 0.903. The number of hydrogen-bond acceptors (Lipinski definition) is 3. The zero-order valence-corrected chi connectivity index (χ0v) is 34.8. The van der Waals surface area contributed by atoms with Crippen molar-refractivity contribution in [1.82, 2.24) is 9.13 Å². The van der Waals surface area contributed by atoms with Crippen LogP contribution < -0.4 is 0 Å². The molecule has 0 aliphatic rings. The molecule has 0 aliphatic carbocycles. The van der Waals surface area contributed by atoms with Gasteiger partial charge in [-0.15, -0.1) is 13.2 Å². The molecular formula is C55H44N2O2S. The monoisotopic (exact) mass is 796 g/mol. The van der Waals surface area contributed by atoms with E-state index in [1.165, 1.54) is 54.7 Å². The maximum absolute atomic E-state index is 6.16. The number of aromatic nitrogens is 2. The van der Waals surface area contributed by atoms with Crippen LogP contribution in [0.2, 0.25) is 0 Å². The quantitative estimate of drug-likeness (QED) is 0.143. The van der Waals surface area contributed by atoms with Gasteiger partial charge in [-0.1, -0.05) is 97.1 Å². The summed E-state index contributed by atoms with van der Waals surface area (Å²) >= 11 is 3.53. The fourth-order valence-electron chi connectivity index (χ4n) is 8.57. The van der Waals surface area contributed by atoms with Crippen LogP contribution in [0, 0.1) is 0 Å². The number of benzene rings is 8. The molecule has 4 nitrogen and oxygen atoms in total. The fraction of sp³-hybridized carbons (Fsp3) is 0.0545. The Hall–Kier alpha value is -7.21. The summed E-state index contributed by atoms with van der Waals surface area (Å²) in [6, 6.07) is 60.8. The third kappa shape index (κ3) is 6.35. The van der Waals surface area contributed by atoms with E-state index in [0.29, 0.717) is 0 Å². The molecule has 4 heterocycles. The smallest absolute Gasteiger partial charge is 0.135 e. The number of thiol groups is 1. The van der Waals surface area contributed by atoms with E-state index in [4.69, 9.17) is 8.83 Å². The SMILES string of the molecule is C=CC.C=CC.CS.c1ccc2c(c1)oc1ccc(-n3c4ccccc4c4cc(-c5ccc6c(c5)c5ccccc5n6-c5ccc6oc7ccccc7c6c5)ccc43)cc12. The van der Waals surface area contributed by atoms with Gasteiger partial charge in [0.15, 0.2) is 0 Å². The van der Waals surface area contributed by atoms with Crippen molar-refractivity contribution in [2.45, 2.75) is 13.8 Å². The Labute approximate surface area is 354 Å². The van der Waals surface area contributed by atoms with E-state index in [0.717, 1.165) is 55.3 Å². The Morgan fingerprint density at radius 3 is 1.12 bits per heavy atom. The van der Waals surface area contributed by atoms with Gasteiger partial charge in [0.1, 0.15) is 22.3 Å². The van der Waals surface area contributed by atoms with E-state index in [-0.39, 0.29) is 0 Å². The molecule has 8 aromatic carbocycles. The largest absolute Gasteiger partial charge is 0.456 e. The van der Waals surface area contributed by atoms with Crippen molar-refractivity contribution < 1.29 is 8.83 Å². The number of nitrogens with zero attached hydrogens (tertiary/aromatic N) is 2. The molecule has 12 aromatic rings. The van der Waals surface area contributed by atoms with Gasteiger partial charge in [-0.05, 0) is 116 Å². The highest BCUT2D eigenvalue weighted by Gasteiger charge is 2.18.